The number of carbonyl (C=O) groups is 2. The molecule has 5 nitrogen and oxygen atoms in total. The number of benzene rings is 1. The number of carbonyl (C=O) groups excluding carboxylic acids is 2. The lowest BCUT2D eigenvalue weighted by Gasteiger charge is -2.06. The molecule has 1 heterocycles. The van der Waals surface area contributed by atoms with Gasteiger partial charge in [-0.2, -0.15) is 0 Å². The summed E-state index contributed by atoms with van der Waals surface area (Å²) < 4.78 is 17.7. The lowest BCUT2D eigenvalue weighted by Crippen LogP contribution is -2.17. The standard InChI is InChI=1S/C15H15FN2O3/c1-2-21-15(20)14-12(7-8-17-14)18-13(19)9-10-3-5-11(16)6-4-10/h3-8,17H,2,9H2,1H3,(H,18,19). The van der Waals surface area contributed by atoms with Crippen molar-refractivity contribution in [1.29, 1.82) is 0 Å². The molecule has 2 rings (SSSR count). The third kappa shape index (κ3) is 3.92. The number of anilines is 1. The molecule has 2 N–H and O–H groups in total. The highest BCUT2D eigenvalue weighted by Gasteiger charge is 2.15. The molecule has 1 aromatic carbocycles. The summed E-state index contributed by atoms with van der Waals surface area (Å²) in [5, 5.41) is 2.63. The van der Waals surface area contributed by atoms with Crippen LogP contribution in [-0.4, -0.2) is 23.5 Å². The second kappa shape index (κ2) is 6.69. The van der Waals surface area contributed by atoms with Crippen molar-refractivity contribution in [2.24, 2.45) is 0 Å². The van der Waals surface area contributed by atoms with Gasteiger partial charge in [0.05, 0.1) is 18.7 Å². The molecule has 0 aliphatic rings. The lowest BCUT2D eigenvalue weighted by atomic mass is 10.1. The van der Waals surface area contributed by atoms with Gasteiger partial charge in [-0.05, 0) is 30.7 Å². The van der Waals surface area contributed by atoms with Crippen molar-refractivity contribution in [3.05, 3.63) is 53.6 Å². The summed E-state index contributed by atoms with van der Waals surface area (Å²) in [7, 11) is 0. The number of nitrogens with one attached hydrogen (secondary N) is 2. The van der Waals surface area contributed by atoms with Gasteiger partial charge in [0.1, 0.15) is 11.5 Å². The topological polar surface area (TPSA) is 71.2 Å². The predicted octanol–water partition coefficient (Wildman–Crippen LogP) is 2.51. The van der Waals surface area contributed by atoms with Gasteiger partial charge >= 0.3 is 5.97 Å². The molecule has 0 spiro atoms. The number of amides is 1. The SMILES string of the molecule is CCOC(=O)c1[nH]ccc1NC(=O)Cc1ccc(F)cc1. The van der Waals surface area contributed by atoms with Crippen LogP contribution in [0.25, 0.3) is 0 Å². The van der Waals surface area contributed by atoms with E-state index in [4.69, 9.17) is 4.74 Å². The predicted molar refractivity (Wildman–Crippen MR) is 75.5 cm³/mol. The fourth-order valence-corrected chi connectivity index (χ4v) is 1.83. The van der Waals surface area contributed by atoms with Gasteiger partial charge in [0.2, 0.25) is 5.91 Å². The third-order valence-corrected chi connectivity index (χ3v) is 2.78. The fourth-order valence-electron chi connectivity index (χ4n) is 1.83. The first kappa shape index (κ1) is 14.8. The molecule has 6 heteroatoms. The second-order valence-electron chi connectivity index (χ2n) is 4.34. The molecule has 0 atom stereocenters. The summed E-state index contributed by atoms with van der Waals surface area (Å²) in [4.78, 5) is 26.3. The maximum absolute atomic E-state index is 12.8. The molecular weight excluding hydrogens is 275 g/mol. The van der Waals surface area contributed by atoms with Crippen LogP contribution in [0, 0.1) is 5.82 Å². The molecule has 0 aliphatic heterocycles. The van der Waals surface area contributed by atoms with Crippen LogP contribution in [0.2, 0.25) is 0 Å². The molecule has 1 aromatic heterocycles. The number of hydrogen-bond acceptors (Lipinski definition) is 3. The number of rotatable bonds is 5. The number of ether oxygens (including phenoxy) is 1. The highest BCUT2D eigenvalue weighted by molar-refractivity contribution is 6.00. The highest BCUT2D eigenvalue weighted by Crippen LogP contribution is 2.15. The Morgan fingerprint density at radius 3 is 2.62 bits per heavy atom. The van der Waals surface area contributed by atoms with Crippen LogP contribution in [0.5, 0.6) is 0 Å². The van der Waals surface area contributed by atoms with E-state index in [1.807, 2.05) is 0 Å². The van der Waals surface area contributed by atoms with Crippen LogP contribution in [-0.2, 0) is 16.0 Å². The Morgan fingerprint density at radius 2 is 1.95 bits per heavy atom. The van der Waals surface area contributed by atoms with Crippen molar-refractivity contribution in [3.8, 4) is 0 Å². The van der Waals surface area contributed by atoms with E-state index in [1.54, 1.807) is 19.2 Å². The van der Waals surface area contributed by atoms with Crippen LogP contribution in [0.4, 0.5) is 10.1 Å². The van der Waals surface area contributed by atoms with Crippen molar-refractivity contribution in [3.63, 3.8) is 0 Å². The average molecular weight is 290 g/mol. The maximum atomic E-state index is 12.8. The van der Waals surface area contributed by atoms with E-state index >= 15 is 0 Å². The van der Waals surface area contributed by atoms with Gasteiger partial charge in [0.15, 0.2) is 0 Å². The molecular formula is C15H15FN2O3. The third-order valence-electron chi connectivity index (χ3n) is 2.78. The van der Waals surface area contributed by atoms with Gasteiger partial charge in [-0.1, -0.05) is 12.1 Å². The highest BCUT2D eigenvalue weighted by atomic mass is 19.1. The first-order chi connectivity index (χ1) is 10.1. The summed E-state index contributed by atoms with van der Waals surface area (Å²) in [6.45, 7) is 1.95. The van der Waals surface area contributed by atoms with Crippen molar-refractivity contribution >= 4 is 17.6 Å². The number of aromatic amines is 1. The molecule has 2 aromatic rings. The van der Waals surface area contributed by atoms with E-state index in [2.05, 4.69) is 10.3 Å². The minimum Gasteiger partial charge on any atom is -0.461 e. The Bertz CT molecular complexity index is 635. The largest absolute Gasteiger partial charge is 0.461 e. The minimum atomic E-state index is -0.528. The number of esters is 1. The zero-order chi connectivity index (χ0) is 15.2. The molecule has 0 saturated heterocycles. The molecule has 21 heavy (non-hydrogen) atoms. The van der Waals surface area contributed by atoms with E-state index in [1.165, 1.54) is 24.3 Å². The summed E-state index contributed by atoms with van der Waals surface area (Å²) >= 11 is 0. The van der Waals surface area contributed by atoms with Gasteiger partial charge in [0, 0.05) is 6.20 Å². The summed E-state index contributed by atoms with van der Waals surface area (Å²) in [5.41, 5.74) is 1.24. The molecule has 0 unspecified atom stereocenters. The lowest BCUT2D eigenvalue weighted by molar-refractivity contribution is -0.115. The second-order valence-corrected chi connectivity index (χ2v) is 4.34. The molecule has 1 amide bonds. The van der Waals surface area contributed by atoms with Gasteiger partial charge in [-0.15, -0.1) is 0 Å². The number of halogens is 1. The Morgan fingerprint density at radius 1 is 1.24 bits per heavy atom. The van der Waals surface area contributed by atoms with Crippen molar-refractivity contribution in [2.45, 2.75) is 13.3 Å². The monoisotopic (exact) mass is 290 g/mol. The smallest absolute Gasteiger partial charge is 0.356 e. The maximum Gasteiger partial charge on any atom is 0.356 e. The number of hydrogen-bond donors (Lipinski definition) is 2. The van der Waals surface area contributed by atoms with Crippen LogP contribution < -0.4 is 5.32 Å². The Balaban J connectivity index is 2.01. The van der Waals surface area contributed by atoms with Gasteiger partial charge < -0.3 is 15.0 Å². The van der Waals surface area contributed by atoms with Gasteiger partial charge in [-0.25, -0.2) is 9.18 Å². The molecule has 0 saturated carbocycles. The Labute approximate surface area is 121 Å². The number of H-pyrrole nitrogens is 1. The molecule has 0 aliphatic carbocycles. The first-order valence-electron chi connectivity index (χ1n) is 6.49. The zero-order valence-electron chi connectivity index (χ0n) is 11.5. The van der Waals surface area contributed by atoms with E-state index in [0.717, 1.165) is 0 Å². The van der Waals surface area contributed by atoms with Crippen LogP contribution in [0.1, 0.15) is 23.0 Å². The summed E-state index contributed by atoms with van der Waals surface area (Å²) in [6.07, 6.45) is 1.63. The van der Waals surface area contributed by atoms with Gasteiger partial charge in [-0.3, -0.25) is 4.79 Å². The first-order valence-corrected chi connectivity index (χ1v) is 6.49. The van der Waals surface area contributed by atoms with E-state index < -0.39 is 5.97 Å². The molecule has 0 bridgehead atoms. The Hall–Kier alpha value is -2.63. The quantitative estimate of drug-likeness (QED) is 0.831. The van der Waals surface area contributed by atoms with Gasteiger partial charge in [0.25, 0.3) is 0 Å². The molecule has 110 valence electrons. The van der Waals surface area contributed by atoms with Crippen LogP contribution in [0.3, 0.4) is 0 Å². The van der Waals surface area contributed by atoms with Crippen molar-refractivity contribution in [2.75, 3.05) is 11.9 Å². The van der Waals surface area contributed by atoms with E-state index in [9.17, 15) is 14.0 Å². The average Bonchev–Trinajstić information content (AvgIpc) is 2.90. The molecule has 0 radical (unpaired) electrons. The number of aromatic nitrogens is 1. The van der Waals surface area contributed by atoms with Crippen molar-refractivity contribution < 1.29 is 18.7 Å². The van der Waals surface area contributed by atoms with E-state index in [-0.39, 0.29) is 30.4 Å². The Kier molecular flexibility index (Phi) is 4.71. The van der Waals surface area contributed by atoms with Crippen LogP contribution in [0.15, 0.2) is 36.5 Å². The molecule has 0 fully saturated rings. The van der Waals surface area contributed by atoms with Crippen LogP contribution >= 0.6 is 0 Å². The summed E-state index contributed by atoms with van der Waals surface area (Å²) in [6, 6.07) is 7.25. The normalized spacial score (nSPS) is 10.2. The fraction of sp³-hybridized carbons (Fsp3) is 0.200. The zero-order valence-corrected chi connectivity index (χ0v) is 11.5. The van der Waals surface area contributed by atoms with E-state index in [0.29, 0.717) is 11.3 Å². The minimum absolute atomic E-state index is 0.0910. The van der Waals surface area contributed by atoms with Crippen molar-refractivity contribution in [1.82, 2.24) is 4.98 Å². The summed E-state index contributed by atoms with van der Waals surface area (Å²) in [5.74, 6) is -1.18.